The molecule has 1 aromatic carbocycles. The molecule has 0 fully saturated rings. The van der Waals surface area contributed by atoms with Crippen molar-refractivity contribution in [3.05, 3.63) is 35.2 Å². The van der Waals surface area contributed by atoms with Crippen molar-refractivity contribution in [1.29, 1.82) is 0 Å². The second-order valence-electron chi connectivity index (χ2n) is 5.34. The molecule has 0 aliphatic heterocycles. The highest BCUT2D eigenvalue weighted by molar-refractivity contribution is 8.00. The lowest BCUT2D eigenvalue weighted by Crippen LogP contribution is -2.22. The maximum Gasteiger partial charge on any atom is 0.239 e. The summed E-state index contributed by atoms with van der Waals surface area (Å²) in [6.07, 6.45) is 1.00. The number of carbonyl (C=O) groups excluding carboxylic acids is 1. The van der Waals surface area contributed by atoms with Gasteiger partial charge in [-0.2, -0.15) is 4.98 Å². The zero-order chi connectivity index (χ0) is 17.8. The highest BCUT2D eigenvalue weighted by atomic mass is 32.2. The predicted molar refractivity (Wildman–Crippen MR) is 102 cm³/mol. The van der Waals surface area contributed by atoms with Crippen LogP contribution in [0.25, 0.3) is 11.3 Å². The molecule has 0 aliphatic rings. The second kappa shape index (κ2) is 7.66. The highest BCUT2D eigenvalue weighted by Crippen LogP contribution is 2.26. The van der Waals surface area contributed by atoms with E-state index < -0.39 is 0 Å². The average Bonchev–Trinajstić information content (AvgIpc) is 3.24. The average molecular weight is 374 g/mol. The second-order valence-corrected chi connectivity index (χ2v) is 7.51. The Morgan fingerprint density at radius 1 is 1.36 bits per heavy atom. The van der Waals surface area contributed by atoms with E-state index in [2.05, 4.69) is 44.5 Å². The Morgan fingerprint density at radius 3 is 2.76 bits per heavy atom. The molecule has 2 heterocycles. The van der Waals surface area contributed by atoms with Crippen LogP contribution in [0.2, 0.25) is 0 Å². The highest BCUT2D eigenvalue weighted by Gasteiger charge is 2.18. The Morgan fingerprint density at radius 2 is 2.12 bits per heavy atom. The summed E-state index contributed by atoms with van der Waals surface area (Å²) in [5, 5.41) is 11.9. The van der Waals surface area contributed by atoms with Crippen LogP contribution in [0.1, 0.15) is 19.4 Å². The Hall–Kier alpha value is -2.39. The topological polar surface area (TPSA) is 110 Å². The minimum absolute atomic E-state index is 0.157. The molecule has 0 radical (unpaired) electrons. The quantitative estimate of drug-likeness (QED) is 0.572. The largest absolute Gasteiger partial charge is 0.368 e. The number of nitrogens with one attached hydrogen (secondary N) is 2. The number of anilines is 2. The number of H-pyrrole nitrogens is 1. The number of nitrogens with two attached hydrogens (primary N) is 1. The molecule has 0 unspecified atom stereocenters. The van der Waals surface area contributed by atoms with E-state index in [1.165, 1.54) is 28.7 Å². The van der Waals surface area contributed by atoms with Crippen molar-refractivity contribution in [3.63, 3.8) is 0 Å². The first kappa shape index (κ1) is 17.4. The van der Waals surface area contributed by atoms with Gasteiger partial charge in [0.25, 0.3) is 0 Å². The van der Waals surface area contributed by atoms with E-state index in [0.717, 1.165) is 17.7 Å². The fourth-order valence-corrected chi connectivity index (χ4v) is 3.56. The molecule has 130 valence electrons. The first-order chi connectivity index (χ1) is 12.0. The number of aromatic amines is 1. The standard InChI is InChI=1S/C16H18N6OS2/c1-3-10-4-6-11(7-5-10)12-8-24-15(18-12)19-13(23)9(2)25-16-20-14(17)21-22-16/h4-9H,3H2,1-2H3,(H,18,19,23)(H3,17,20,21,22)/t9-/m0/s1. The molecule has 3 aromatic rings. The third kappa shape index (κ3) is 4.37. The summed E-state index contributed by atoms with van der Waals surface area (Å²) in [7, 11) is 0. The zero-order valence-corrected chi connectivity index (χ0v) is 15.4. The summed E-state index contributed by atoms with van der Waals surface area (Å²) < 4.78 is 0. The number of carbonyl (C=O) groups is 1. The minimum atomic E-state index is -0.369. The maximum atomic E-state index is 12.3. The number of aromatic nitrogens is 4. The van der Waals surface area contributed by atoms with Crippen LogP contribution in [0.3, 0.4) is 0 Å². The number of benzene rings is 1. The molecule has 3 rings (SSSR count). The van der Waals surface area contributed by atoms with E-state index >= 15 is 0 Å². The normalized spacial score (nSPS) is 12.1. The number of thioether (sulfide) groups is 1. The van der Waals surface area contributed by atoms with Gasteiger partial charge < -0.3 is 11.1 Å². The van der Waals surface area contributed by atoms with E-state index in [9.17, 15) is 4.79 Å². The van der Waals surface area contributed by atoms with Gasteiger partial charge in [0, 0.05) is 10.9 Å². The van der Waals surface area contributed by atoms with E-state index in [1.807, 2.05) is 17.5 Å². The van der Waals surface area contributed by atoms with Gasteiger partial charge in [-0.25, -0.2) is 10.1 Å². The van der Waals surface area contributed by atoms with E-state index in [-0.39, 0.29) is 17.1 Å². The van der Waals surface area contributed by atoms with Gasteiger partial charge in [-0.1, -0.05) is 43.0 Å². The molecule has 1 atom stereocenters. The van der Waals surface area contributed by atoms with Crippen molar-refractivity contribution in [1.82, 2.24) is 20.2 Å². The fourth-order valence-electron chi connectivity index (χ4n) is 2.10. The maximum absolute atomic E-state index is 12.3. The number of nitrogens with zero attached hydrogens (tertiary/aromatic N) is 3. The number of thiazole rings is 1. The van der Waals surface area contributed by atoms with Crippen LogP contribution in [-0.4, -0.2) is 31.3 Å². The molecular formula is C16H18N6OS2. The van der Waals surface area contributed by atoms with Gasteiger partial charge in [0.1, 0.15) is 0 Å². The molecule has 9 heteroatoms. The Balaban J connectivity index is 1.62. The molecule has 2 aromatic heterocycles. The molecule has 0 saturated carbocycles. The van der Waals surface area contributed by atoms with Crippen LogP contribution < -0.4 is 11.1 Å². The van der Waals surface area contributed by atoms with Crippen LogP contribution >= 0.6 is 23.1 Å². The summed E-state index contributed by atoms with van der Waals surface area (Å²) in [6.45, 7) is 3.90. The van der Waals surface area contributed by atoms with Crippen LogP contribution in [0, 0.1) is 0 Å². The van der Waals surface area contributed by atoms with E-state index in [4.69, 9.17) is 5.73 Å². The van der Waals surface area contributed by atoms with Gasteiger partial charge in [-0.3, -0.25) is 4.79 Å². The van der Waals surface area contributed by atoms with Crippen molar-refractivity contribution < 1.29 is 4.79 Å². The monoisotopic (exact) mass is 374 g/mol. The molecular weight excluding hydrogens is 356 g/mol. The summed E-state index contributed by atoms with van der Waals surface area (Å²) in [5.74, 6) is 0.0735. The van der Waals surface area contributed by atoms with Crippen LogP contribution in [0.5, 0.6) is 0 Å². The molecule has 25 heavy (non-hydrogen) atoms. The van der Waals surface area contributed by atoms with Crippen LogP contribution in [0.15, 0.2) is 34.8 Å². The first-order valence-electron chi connectivity index (χ1n) is 7.75. The van der Waals surface area contributed by atoms with Crippen molar-refractivity contribution in [2.45, 2.75) is 30.7 Å². The summed E-state index contributed by atoms with van der Waals surface area (Å²) in [4.78, 5) is 20.8. The lowest BCUT2D eigenvalue weighted by Gasteiger charge is -2.07. The SMILES string of the molecule is CCc1ccc(-c2csc(NC(=O)[C@H](C)Sc3n[nH]c(N)n3)n2)cc1. The number of amides is 1. The fraction of sp³-hybridized carbons (Fsp3) is 0.250. The van der Waals surface area contributed by atoms with Crippen molar-refractivity contribution >= 4 is 40.1 Å². The predicted octanol–water partition coefficient (Wildman–Crippen LogP) is 3.19. The van der Waals surface area contributed by atoms with Gasteiger partial charge in [0.2, 0.25) is 17.0 Å². The first-order valence-corrected chi connectivity index (χ1v) is 9.51. The molecule has 0 bridgehead atoms. The summed E-state index contributed by atoms with van der Waals surface area (Å²) in [5.41, 5.74) is 8.65. The smallest absolute Gasteiger partial charge is 0.239 e. The number of nitrogen functional groups attached to an aromatic ring is 1. The molecule has 1 amide bonds. The van der Waals surface area contributed by atoms with E-state index in [1.54, 1.807) is 6.92 Å². The zero-order valence-electron chi connectivity index (χ0n) is 13.8. The van der Waals surface area contributed by atoms with Gasteiger partial charge in [0.05, 0.1) is 10.9 Å². The van der Waals surface area contributed by atoms with Crippen LogP contribution in [-0.2, 0) is 11.2 Å². The third-order valence-electron chi connectivity index (χ3n) is 3.53. The van der Waals surface area contributed by atoms with Gasteiger partial charge in [-0.05, 0) is 18.9 Å². The summed E-state index contributed by atoms with van der Waals surface area (Å²) >= 11 is 2.63. The lowest BCUT2D eigenvalue weighted by atomic mass is 10.1. The molecule has 4 N–H and O–H groups in total. The molecule has 0 spiro atoms. The van der Waals surface area contributed by atoms with Gasteiger partial charge >= 0.3 is 0 Å². The Labute approximate surface area is 153 Å². The number of hydrogen-bond acceptors (Lipinski definition) is 7. The Bertz CT molecular complexity index is 858. The minimum Gasteiger partial charge on any atom is -0.368 e. The Kier molecular flexibility index (Phi) is 5.34. The van der Waals surface area contributed by atoms with Gasteiger partial charge in [-0.15, -0.1) is 16.4 Å². The van der Waals surface area contributed by atoms with Crippen molar-refractivity contribution in [2.24, 2.45) is 0 Å². The molecule has 0 aliphatic carbocycles. The summed E-state index contributed by atoms with van der Waals surface area (Å²) in [6, 6.07) is 8.28. The lowest BCUT2D eigenvalue weighted by molar-refractivity contribution is -0.115. The molecule has 0 saturated heterocycles. The number of aryl methyl sites for hydroxylation is 1. The van der Waals surface area contributed by atoms with Crippen molar-refractivity contribution in [3.8, 4) is 11.3 Å². The third-order valence-corrected chi connectivity index (χ3v) is 5.24. The number of rotatable bonds is 6. The van der Waals surface area contributed by atoms with Crippen molar-refractivity contribution in [2.75, 3.05) is 11.1 Å². The van der Waals surface area contributed by atoms with Gasteiger partial charge in [0.15, 0.2) is 5.13 Å². The van der Waals surface area contributed by atoms with Crippen LogP contribution in [0.4, 0.5) is 11.1 Å². The van der Waals surface area contributed by atoms with E-state index in [0.29, 0.717) is 10.3 Å². The molecule has 7 nitrogen and oxygen atoms in total. The number of hydrogen-bond donors (Lipinski definition) is 3.